The number of rotatable bonds is 1. The van der Waals surface area contributed by atoms with Gasteiger partial charge < -0.3 is 0 Å². The Hall–Kier alpha value is -2.74. The first-order valence-electron chi connectivity index (χ1n) is 5.70. The lowest BCUT2D eigenvalue weighted by Crippen LogP contribution is -1.91. The molecule has 0 saturated heterocycles. The normalized spacial score (nSPS) is 10.6. The van der Waals surface area contributed by atoms with Gasteiger partial charge in [0, 0.05) is 17.8 Å². The van der Waals surface area contributed by atoms with Crippen LogP contribution in [0.3, 0.4) is 0 Å². The van der Waals surface area contributed by atoms with Crippen LogP contribution >= 0.6 is 0 Å². The van der Waals surface area contributed by atoms with E-state index >= 15 is 0 Å². The van der Waals surface area contributed by atoms with Gasteiger partial charge in [-0.1, -0.05) is 12.1 Å². The van der Waals surface area contributed by atoms with Crippen LogP contribution in [0.2, 0.25) is 0 Å². The van der Waals surface area contributed by atoms with Gasteiger partial charge in [0.05, 0.1) is 11.6 Å². The van der Waals surface area contributed by atoms with Crippen molar-refractivity contribution in [1.82, 2.24) is 14.6 Å². The summed E-state index contributed by atoms with van der Waals surface area (Å²) in [5, 5.41) is 16.9. The van der Waals surface area contributed by atoms with Gasteiger partial charge in [0.1, 0.15) is 5.82 Å². The predicted molar refractivity (Wildman–Crippen MR) is 67.8 cm³/mol. The summed E-state index contributed by atoms with van der Waals surface area (Å²) in [5.41, 5.74) is 2.32. The first kappa shape index (κ1) is 11.4. The smallest absolute Gasteiger partial charge is 0.168 e. The molecular formula is C14H9FN4. The summed E-state index contributed by atoms with van der Waals surface area (Å²) < 4.78 is 15.3. The SMILES string of the molecule is Cc1ccc(-c2nnc3cc(C#N)ccn23)cc1F. The second kappa shape index (κ2) is 4.18. The average Bonchev–Trinajstić information content (AvgIpc) is 2.84. The Kier molecular flexibility index (Phi) is 2.50. The molecule has 0 atom stereocenters. The molecule has 3 aromatic rings. The number of aryl methyl sites for hydroxylation is 1. The molecule has 0 aliphatic carbocycles. The predicted octanol–water partition coefficient (Wildman–Crippen LogP) is 2.72. The lowest BCUT2D eigenvalue weighted by molar-refractivity contribution is 0.619. The van der Waals surface area contributed by atoms with Crippen LogP contribution in [0.4, 0.5) is 4.39 Å². The summed E-state index contributed by atoms with van der Waals surface area (Å²) in [6, 6.07) is 10.3. The molecule has 0 aliphatic heterocycles. The zero-order valence-electron chi connectivity index (χ0n) is 10.1. The Labute approximate surface area is 108 Å². The molecule has 0 aliphatic rings. The molecular weight excluding hydrogens is 243 g/mol. The number of halogens is 1. The highest BCUT2D eigenvalue weighted by Gasteiger charge is 2.10. The molecule has 0 saturated carbocycles. The van der Waals surface area contributed by atoms with Gasteiger partial charge in [0.2, 0.25) is 0 Å². The number of hydrogen-bond donors (Lipinski definition) is 0. The molecule has 19 heavy (non-hydrogen) atoms. The van der Waals surface area contributed by atoms with Crippen molar-refractivity contribution in [3.05, 3.63) is 53.5 Å². The first-order valence-corrected chi connectivity index (χ1v) is 5.70. The van der Waals surface area contributed by atoms with Crippen LogP contribution < -0.4 is 0 Å². The van der Waals surface area contributed by atoms with Crippen molar-refractivity contribution in [2.24, 2.45) is 0 Å². The van der Waals surface area contributed by atoms with Crippen LogP contribution in [-0.2, 0) is 0 Å². The fourth-order valence-electron chi connectivity index (χ4n) is 1.89. The van der Waals surface area contributed by atoms with E-state index in [-0.39, 0.29) is 5.82 Å². The summed E-state index contributed by atoms with van der Waals surface area (Å²) in [5.74, 6) is 0.279. The number of benzene rings is 1. The van der Waals surface area contributed by atoms with Crippen molar-refractivity contribution >= 4 is 5.65 Å². The average molecular weight is 252 g/mol. The molecule has 0 N–H and O–H groups in total. The molecule has 4 nitrogen and oxygen atoms in total. The highest BCUT2D eigenvalue weighted by atomic mass is 19.1. The lowest BCUT2D eigenvalue weighted by atomic mass is 10.1. The van der Waals surface area contributed by atoms with E-state index < -0.39 is 0 Å². The second-order valence-electron chi connectivity index (χ2n) is 4.24. The number of aromatic nitrogens is 3. The fourth-order valence-corrected chi connectivity index (χ4v) is 1.89. The molecule has 3 rings (SSSR count). The maximum absolute atomic E-state index is 13.6. The number of fused-ring (bicyclic) bond motifs is 1. The summed E-state index contributed by atoms with van der Waals surface area (Å²) in [7, 11) is 0. The van der Waals surface area contributed by atoms with Crippen LogP contribution in [0.15, 0.2) is 36.5 Å². The molecule has 0 radical (unpaired) electrons. The zero-order valence-corrected chi connectivity index (χ0v) is 10.1. The van der Waals surface area contributed by atoms with E-state index in [1.807, 2.05) is 6.07 Å². The Morgan fingerprint density at radius 2 is 2.05 bits per heavy atom. The summed E-state index contributed by atoms with van der Waals surface area (Å²) in [4.78, 5) is 0. The van der Waals surface area contributed by atoms with Gasteiger partial charge in [-0.2, -0.15) is 5.26 Å². The fraction of sp³-hybridized carbons (Fsp3) is 0.0714. The van der Waals surface area contributed by atoms with Gasteiger partial charge in [0.25, 0.3) is 0 Å². The van der Waals surface area contributed by atoms with Crippen LogP contribution in [0.25, 0.3) is 17.0 Å². The highest BCUT2D eigenvalue weighted by molar-refractivity contribution is 5.60. The maximum Gasteiger partial charge on any atom is 0.168 e. The van der Waals surface area contributed by atoms with E-state index in [2.05, 4.69) is 10.2 Å². The summed E-state index contributed by atoms with van der Waals surface area (Å²) >= 11 is 0. The van der Waals surface area contributed by atoms with Gasteiger partial charge in [-0.25, -0.2) is 4.39 Å². The molecule has 2 heterocycles. The van der Waals surface area contributed by atoms with E-state index in [9.17, 15) is 4.39 Å². The summed E-state index contributed by atoms with van der Waals surface area (Å²) in [6.07, 6.45) is 1.71. The molecule has 0 amide bonds. The zero-order chi connectivity index (χ0) is 13.4. The molecule has 92 valence electrons. The third-order valence-electron chi connectivity index (χ3n) is 2.97. The summed E-state index contributed by atoms with van der Waals surface area (Å²) in [6.45, 7) is 1.71. The molecule has 0 spiro atoms. The van der Waals surface area contributed by atoms with E-state index in [1.54, 1.807) is 41.8 Å². The quantitative estimate of drug-likeness (QED) is 0.669. The van der Waals surface area contributed by atoms with Crippen molar-refractivity contribution in [2.75, 3.05) is 0 Å². The number of pyridine rings is 1. The highest BCUT2D eigenvalue weighted by Crippen LogP contribution is 2.21. The van der Waals surface area contributed by atoms with Crippen molar-refractivity contribution < 1.29 is 4.39 Å². The number of nitriles is 1. The standard InChI is InChI=1S/C14H9FN4/c1-9-2-3-11(7-12(9)15)14-18-17-13-6-10(8-16)4-5-19(13)14/h2-7H,1H3. The van der Waals surface area contributed by atoms with E-state index in [1.165, 1.54) is 6.07 Å². The minimum atomic E-state index is -0.275. The van der Waals surface area contributed by atoms with Crippen LogP contribution in [0, 0.1) is 24.1 Å². The lowest BCUT2D eigenvalue weighted by Gasteiger charge is -2.02. The monoisotopic (exact) mass is 252 g/mol. The van der Waals surface area contributed by atoms with Crippen LogP contribution in [0.5, 0.6) is 0 Å². The van der Waals surface area contributed by atoms with Crippen molar-refractivity contribution in [3.63, 3.8) is 0 Å². The Bertz CT molecular complexity index is 814. The van der Waals surface area contributed by atoms with Gasteiger partial charge in [0.15, 0.2) is 11.5 Å². The first-order chi connectivity index (χ1) is 9.19. The molecule has 0 bridgehead atoms. The van der Waals surface area contributed by atoms with Gasteiger partial charge >= 0.3 is 0 Å². The third-order valence-corrected chi connectivity index (χ3v) is 2.97. The van der Waals surface area contributed by atoms with Crippen molar-refractivity contribution in [1.29, 1.82) is 5.26 Å². The van der Waals surface area contributed by atoms with Crippen molar-refractivity contribution in [2.45, 2.75) is 6.92 Å². The van der Waals surface area contributed by atoms with Gasteiger partial charge in [-0.15, -0.1) is 10.2 Å². The van der Waals surface area contributed by atoms with Gasteiger partial charge in [-0.05, 0) is 24.6 Å². The van der Waals surface area contributed by atoms with E-state index in [4.69, 9.17) is 5.26 Å². The molecule has 2 aromatic heterocycles. The molecule has 0 unspecified atom stereocenters. The minimum absolute atomic E-state index is 0.275. The van der Waals surface area contributed by atoms with Gasteiger partial charge in [-0.3, -0.25) is 4.40 Å². The maximum atomic E-state index is 13.6. The second-order valence-corrected chi connectivity index (χ2v) is 4.24. The molecule has 1 aromatic carbocycles. The minimum Gasteiger partial charge on any atom is -0.282 e. The van der Waals surface area contributed by atoms with Crippen LogP contribution in [0.1, 0.15) is 11.1 Å². The molecule has 0 fully saturated rings. The number of hydrogen-bond acceptors (Lipinski definition) is 3. The Balaban J connectivity index is 2.20. The van der Waals surface area contributed by atoms with Crippen LogP contribution in [-0.4, -0.2) is 14.6 Å². The van der Waals surface area contributed by atoms with E-state index in [0.29, 0.717) is 28.2 Å². The topological polar surface area (TPSA) is 54.0 Å². The third kappa shape index (κ3) is 1.83. The molecule has 5 heteroatoms. The van der Waals surface area contributed by atoms with E-state index in [0.717, 1.165) is 0 Å². The Morgan fingerprint density at radius 3 is 2.79 bits per heavy atom. The Morgan fingerprint density at radius 1 is 1.21 bits per heavy atom. The largest absolute Gasteiger partial charge is 0.282 e. The van der Waals surface area contributed by atoms with Crippen molar-refractivity contribution in [3.8, 4) is 17.5 Å². The number of nitrogens with zero attached hydrogens (tertiary/aromatic N) is 4.